The number of aryl methyl sites for hydroxylation is 2. The van der Waals surface area contributed by atoms with Crippen molar-refractivity contribution in [2.75, 3.05) is 7.11 Å². The van der Waals surface area contributed by atoms with E-state index in [1.165, 1.54) is 7.11 Å². The zero-order valence-corrected chi connectivity index (χ0v) is 25.2. The Bertz CT molecular complexity index is 2180. The molecule has 6 heterocycles. The second-order valence-electron chi connectivity index (χ2n) is 11.2. The van der Waals surface area contributed by atoms with Crippen LogP contribution in [0.3, 0.4) is 0 Å². The van der Waals surface area contributed by atoms with Crippen molar-refractivity contribution >= 4 is 61.6 Å². The smallest absolute Gasteiger partial charge is 0.348 e. The number of rotatable bonds is 5. The largest absolute Gasteiger partial charge is 0.480 e. The molecule has 6 rings (SSSR count). The van der Waals surface area contributed by atoms with Crippen LogP contribution >= 0.6 is 0 Å². The highest BCUT2D eigenvalue weighted by Crippen LogP contribution is 2.36. The number of carbonyl (C=O) groups excluding carboxylic acids is 1. The number of aromatic hydroxyl groups is 1. The number of H-pyrrole nitrogens is 2. The summed E-state index contributed by atoms with van der Waals surface area (Å²) in [4.78, 5) is 42.2. The van der Waals surface area contributed by atoms with E-state index < -0.39 is 11.6 Å². The summed E-state index contributed by atoms with van der Waals surface area (Å²) >= 11 is 0. The van der Waals surface area contributed by atoms with Gasteiger partial charge in [-0.2, -0.15) is 0 Å². The molecule has 0 amide bonds. The summed E-state index contributed by atoms with van der Waals surface area (Å²) < 4.78 is 10.3. The van der Waals surface area contributed by atoms with E-state index >= 15 is 0 Å². The van der Waals surface area contributed by atoms with E-state index in [-0.39, 0.29) is 23.7 Å². The Morgan fingerprint density at radius 2 is 1.86 bits per heavy atom. The number of aromatic nitrogens is 4. The van der Waals surface area contributed by atoms with Crippen LogP contribution in [0.5, 0.6) is 5.95 Å². The van der Waals surface area contributed by atoms with Crippen molar-refractivity contribution in [3.63, 3.8) is 0 Å². The van der Waals surface area contributed by atoms with Gasteiger partial charge in [-0.05, 0) is 79.7 Å². The number of methoxy groups -OCH3 is 1. The summed E-state index contributed by atoms with van der Waals surface area (Å²) in [5.41, 5.74) is 10.2. The molecule has 1 unspecified atom stereocenters. The zero-order chi connectivity index (χ0) is 30.7. The van der Waals surface area contributed by atoms with Crippen LogP contribution in [0.2, 0.25) is 0 Å². The summed E-state index contributed by atoms with van der Waals surface area (Å²) in [6.07, 6.45) is 3.12. The van der Waals surface area contributed by atoms with Crippen LogP contribution in [0.25, 0.3) is 55.6 Å². The Balaban J connectivity index is 1.87. The molecule has 0 radical (unpaired) electrons. The third-order valence-corrected chi connectivity index (χ3v) is 8.89. The standard InChI is InChI=1S/C34H34N4O5/c1-8-19-15(3)22-12-24-17(5)21(10-11-28(39)42-7)31(37-24)30-32-29(33(40)43-34(30)41)18(6)25(38-32)14-27-20(9-2)16(4)23(36-27)13-26(19)35-22/h8,12-14,17,35,37,41H,1,9-11H2,2-7H3. The lowest BCUT2D eigenvalue weighted by Crippen LogP contribution is -2.11. The SMILES string of the molecule is C=Cc1c(C)c2cc3[nH]c(c4c(O)oc(=O)c5c(C)c(cc6nc(cc1[nH]2)C(C)=C6CC)nc45)=C(CCC(=O)OC)C3C. The van der Waals surface area contributed by atoms with E-state index in [0.717, 1.165) is 62.4 Å². The van der Waals surface area contributed by atoms with Crippen LogP contribution in [-0.2, 0) is 9.53 Å². The molecule has 0 saturated carbocycles. The molecule has 0 saturated heterocycles. The van der Waals surface area contributed by atoms with Gasteiger partial charge in [-0.15, -0.1) is 0 Å². The molecular formula is C34H34N4O5. The second kappa shape index (κ2) is 10.4. The van der Waals surface area contributed by atoms with Gasteiger partial charge < -0.3 is 24.2 Å². The maximum atomic E-state index is 13.1. The predicted molar refractivity (Wildman–Crippen MR) is 169 cm³/mol. The minimum absolute atomic E-state index is 0.146. The van der Waals surface area contributed by atoms with E-state index in [1.807, 2.05) is 45.0 Å². The fourth-order valence-electron chi connectivity index (χ4n) is 6.39. The first-order valence-corrected chi connectivity index (χ1v) is 14.4. The molecule has 4 aromatic heterocycles. The number of nitrogens with zero attached hydrogens (tertiary/aromatic N) is 2. The molecule has 0 aliphatic carbocycles. The number of carbonyl (C=O) groups is 1. The van der Waals surface area contributed by atoms with E-state index in [1.54, 1.807) is 0 Å². The van der Waals surface area contributed by atoms with Crippen molar-refractivity contribution in [2.45, 2.75) is 59.8 Å². The first-order chi connectivity index (χ1) is 20.6. The topological polar surface area (TPSA) is 134 Å². The highest BCUT2D eigenvalue weighted by molar-refractivity contribution is 6.03. The van der Waals surface area contributed by atoms with E-state index in [9.17, 15) is 14.7 Å². The minimum Gasteiger partial charge on any atom is -0.480 e. The summed E-state index contributed by atoms with van der Waals surface area (Å²) in [6.45, 7) is 14.1. The van der Waals surface area contributed by atoms with Gasteiger partial charge in [0.15, 0.2) is 0 Å². The third kappa shape index (κ3) is 4.38. The lowest BCUT2D eigenvalue weighted by atomic mass is 9.94. The molecule has 220 valence electrons. The van der Waals surface area contributed by atoms with E-state index in [4.69, 9.17) is 19.1 Å². The quantitative estimate of drug-likeness (QED) is 0.235. The fraction of sp³-hybridized carbons (Fsp3) is 0.294. The van der Waals surface area contributed by atoms with Crippen LogP contribution in [0.1, 0.15) is 79.7 Å². The van der Waals surface area contributed by atoms with Gasteiger partial charge in [0.2, 0.25) is 0 Å². The first-order valence-electron chi connectivity index (χ1n) is 14.4. The molecule has 8 bridgehead atoms. The molecule has 2 aliphatic rings. The first kappa shape index (κ1) is 28.2. The van der Waals surface area contributed by atoms with Crippen LogP contribution in [0.4, 0.5) is 0 Å². The van der Waals surface area contributed by atoms with Gasteiger partial charge in [-0.25, -0.2) is 14.8 Å². The van der Waals surface area contributed by atoms with Gasteiger partial charge in [-0.3, -0.25) is 4.79 Å². The van der Waals surface area contributed by atoms with Crippen molar-refractivity contribution in [2.24, 2.45) is 0 Å². The molecule has 0 aromatic carbocycles. The molecule has 43 heavy (non-hydrogen) atoms. The molecule has 2 aliphatic heterocycles. The molecule has 0 fully saturated rings. The average molecular weight is 579 g/mol. The highest BCUT2D eigenvalue weighted by atomic mass is 16.5. The second-order valence-corrected chi connectivity index (χ2v) is 11.2. The molecule has 3 N–H and O–H groups in total. The van der Waals surface area contributed by atoms with Gasteiger partial charge in [0.05, 0.1) is 40.3 Å². The Morgan fingerprint density at radius 3 is 2.56 bits per heavy atom. The number of nitrogens with one attached hydrogen (secondary N) is 2. The Labute approximate surface area is 247 Å². The summed E-state index contributed by atoms with van der Waals surface area (Å²) in [5, 5.41) is 12.3. The van der Waals surface area contributed by atoms with Gasteiger partial charge in [0.1, 0.15) is 5.39 Å². The summed E-state index contributed by atoms with van der Waals surface area (Å²) in [7, 11) is 1.36. The third-order valence-electron chi connectivity index (χ3n) is 8.89. The van der Waals surface area contributed by atoms with Crippen LogP contribution in [0.15, 0.2) is 34.0 Å². The molecule has 0 spiro atoms. The predicted octanol–water partition coefficient (Wildman–Crippen LogP) is 6.35. The van der Waals surface area contributed by atoms with Gasteiger partial charge in [0.25, 0.3) is 5.95 Å². The number of esters is 1. The maximum absolute atomic E-state index is 13.1. The van der Waals surface area contributed by atoms with Crippen molar-refractivity contribution < 1.29 is 19.1 Å². The van der Waals surface area contributed by atoms with Crippen molar-refractivity contribution in [3.05, 3.63) is 74.3 Å². The normalized spacial score (nSPS) is 15.0. The fourth-order valence-corrected chi connectivity index (χ4v) is 6.39. The molecule has 4 aromatic rings. The number of ether oxygens (including phenoxy) is 1. The van der Waals surface area contributed by atoms with Crippen molar-refractivity contribution in [1.29, 1.82) is 0 Å². The van der Waals surface area contributed by atoms with Gasteiger partial charge in [-0.1, -0.05) is 26.5 Å². The highest BCUT2D eigenvalue weighted by Gasteiger charge is 2.25. The number of hydrogen-bond acceptors (Lipinski definition) is 7. The van der Waals surface area contributed by atoms with E-state index in [2.05, 4.69) is 30.4 Å². The molecule has 9 heteroatoms. The average Bonchev–Trinajstić information content (AvgIpc) is 3.65. The van der Waals surface area contributed by atoms with Crippen LogP contribution < -0.4 is 11.0 Å². The van der Waals surface area contributed by atoms with Crippen molar-refractivity contribution in [3.8, 4) is 5.95 Å². The van der Waals surface area contributed by atoms with Gasteiger partial charge in [0, 0.05) is 34.6 Å². The Morgan fingerprint density at radius 1 is 1.09 bits per heavy atom. The number of fused-ring (bicyclic) bond motifs is 8. The number of aromatic amines is 2. The zero-order valence-electron chi connectivity index (χ0n) is 25.2. The number of hydrogen-bond donors (Lipinski definition) is 3. The number of allylic oxidation sites excluding steroid dienone is 2. The lowest BCUT2D eigenvalue weighted by molar-refractivity contribution is -0.140. The summed E-state index contributed by atoms with van der Waals surface area (Å²) in [5.74, 6) is -1.04. The Kier molecular flexibility index (Phi) is 6.83. The van der Waals surface area contributed by atoms with Crippen LogP contribution in [0, 0.1) is 13.8 Å². The van der Waals surface area contributed by atoms with Gasteiger partial charge >= 0.3 is 11.6 Å². The maximum Gasteiger partial charge on any atom is 0.348 e. The van der Waals surface area contributed by atoms with Crippen LogP contribution in [-0.4, -0.2) is 38.1 Å². The van der Waals surface area contributed by atoms with Crippen molar-refractivity contribution in [1.82, 2.24) is 19.9 Å². The Hall–Kier alpha value is -4.92. The monoisotopic (exact) mass is 578 g/mol. The molecular weight excluding hydrogens is 544 g/mol. The van der Waals surface area contributed by atoms with E-state index in [0.29, 0.717) is 33.8 Å². The molecule has 1 atom stereocenters. The minimum atomic E-state index is -0.667. The lowest BCUT2D eigenvalue weighted by Gasteiger charge is -2.09. The molecule has 9 nitrogen and oxygen atoms in total. The summed E-state index contributed by atoms with van der Waals surface area (Å²) in [6, 6.07) is 5.98.